The Morgan fingerprint density at radius 3 is 2.65 bits per heavy atom. The van der Waals surface area contributed by atoms with E-state index in [9.17, 15) is 4.79 Å². The second-order valence-corrected chi connectivity index (χ2v) is 7.92. The molecule has 0 saturated carbocycles. The molecule has 0 aliphatic heterocycles. The van der Waals surface area contributed by atoms with E-state index in [0.717, 1.165) is 41.3 Å². The van der Waals surface area contributed by atoms with E-state index in [1.807, 2.05) is 64.6 Å². The van der Waals surface area contributed by atoms with Crippen LogP contribution < -0.4 is 10.1 Å². The third-order valence-corrected chi connectivity index (χ3v) is 5.74. The number of para-hydroxylation sites is 2. The molecule has 0 aliphatic carbocycles. The van der Waals surface area contributed by atoms with Crippen molar-refractivity contribution in [1.29, 1.82) is 0 Å². The first-order valence-electron chi connectivity index (χ1n) is 10.0. The molecule has 0 bridgehead atoms. The van der Waals surface area contributed by atoms with Crippen LogP contribution in [0.4, 0.5) is 5.95 Å². The molecule has 8 nitrogen and oxygen atoms in total. The Morgan fingerprint density at radius 1 is 1.13 bits per heavy atom. The number of carbonyl (C=O) groups is 1. The van der Waals surface area contributed by atoms with Crippen molar-refractivity contribution in [3.63, 3.8) is 0 Å². The van der Waals surface area contributed by atoms with Crippen LogP contribution in [-0.4, -0.2) is 43.1 Å². The van der Waals surface area contributed by atoms with E-state index in [-0.39, 0.29) is 11.7 Å². The third-order valence-electron chi connectivity index (χ3n) is 4.81. The Bertz CT molecular complexity index is 1200. The van der Waals surface area contributed by atoms with Gasteiger partial charge in [0.2, 0.25) is 11.9 Å². The van der Waals surface area contributed by atoms with E-state index in [2.05, 4.69) is 27.4 Å². The first kappa shape index (κ1) is 20.9. The minimum atomic E-state index is -0.139. The normalized spacial score (nSPS) is 11.1. The summed E-state index contributed by atoms with van der Waals surface area (Å²) in [6.45, 7) is 4.77. The van der Waals surface area contributed by atoms with Gasteiger partial charge in [0, 0.05) is 12.2 Å². The lowest BCUT2D eigenvalue weighted by Crippen LogP contribution is -2.18. The Balaban J connectivity index is 1.49. The predicted molar refractivity (Wildman–Crippen MR) is 122 cm³/mol. The molecular weight excluding hydrogens is 412 g/mol. The average molecular weight is 437 g/mol. The summed E-state index contributed by atoms with van der Waals surface area (Å²) in [5, 5.41) is 12.0. The molecule has 4 aromatic rings. The Hall–Kier alpha value is -3.33. The second-order valence-electron chi connectivity index (χ2n) is 6.98. The number of hydrogen-bond acceptors (Lipinski definition) is 6. The molecule has 2 aromatic heterocycles. The number of ether oxygens (including phenoxy) is 1. The van der Waals surface area contributed by atoms with Crippen molar-refractivity contribution in [2.24, 2.45) is 0 Å². The maximum atomic E-state index is 12.7. The number of nitrogens with zero attached hydrogens (tertiary/aromatic N) is 5. The number of thioether (sulfide) groups is 1. The lowest BCUT2D eigenvalue weighted by molar-refractivity contribution is -0.113. The van der Waals surface area contributed by atoms with Crippen LogP contribution in [0.25, 0.3) is 16.7 Å². The van der Waals surface area contributed by atoms with Crippen LogP contribution in [0.2, 0.25) is 0 Å². The number of amides is 1. The monoisotopic (exact) mass is 436 g/mol. The Morgan fingerprint density at radius 2 is 1.90 bits per heavy atom. The van der Waals surface area contributed by atoms with Crippen molar-refractivity contribution in [2.45, 2.75) is 32.0 Å². The number of methoxy groups -OCH3 is 1. The van der Waals surface area contributed by atoms with Crippen LogP contribution in [-0.2, 0) is 11.3 Å². The predicted octanol–water partition coefficient (Wildman–Crippen LogP) is 4.07. The lowest BCUT2D eigenvalue weighted by atomic mass is 10.3. The van der Waals surface area contributed by atoms with Crippen molar-refractivity contribution in [3.05, 3.63) is 54.4 Å². The highest BCUT2D eigenvalue weighted by atomic mass is 32.2. The van der Waals surface area contributed by atoms with Crippen LogP contribution in [0, 0.1) is 6.92 Å². The quantitative estimate of drug-likeness (QED) is 0.419. The number of anilines is 1. The van der Waals surface area contributed by atoms with Gasteiger partial charge in [-0.05, 0) is 49.7 Å². The maximum Gasteiger partial charge on any atom is 0.237 e. The van der Waals surface area contributed by atoms with Gasteiger partial charge in [-0.2, -0.15) is 0 Å². The van der Waals surface area contributed by atoms with Gasteiger partial charge in [-0.15, -0.1) is 10.2 Å². The summed E-state index contributed by atoms with van der Waals surface area (Å²) < 4.78 is 9.19. The van der Waals surface area contributed by atoms with Gasteiger partial charge in [0.1, 0.15) is 11.6 Å². The molecule has 0 atom stereocenters. The highest BCUT2D eigenvalue weighted by molar-refractivity contribution is 7.99. The van der Waals surface area contributed by atoms with E-state index in [1.54, 1.807) is 7.11 Å². The average Bonchev–Trinajstić information content (AvgIpc) is 3.32. The van der Waals surface area contributed by atoms with Crippen molar-refractivity contribution in [2.75, 3.05) is 18.2 Å². The number of carbonyl (C=O) groups excluding carboxylic acids is 1. The summed E-state index contributed by atoms with van der Waals surface area (Å²) in [5.41, 5.74) is 2.80. The fraction of sp³-hybridized carbons (Fsp3) is 0.273. The number of benzene rings is 2. The highest BCUT2D eigenvalue weighted by Crippen LogP contribution is 2.24. The standard InChI is InChI=1S/C22H24N6O2S/c1-4-13-27-19-8-6-5-7-18(19)23-21(27)24-20(29)14-31-22-26-25-15(2)28(22)16-9-11-17(30-3)12-10-16/h5-12H,4,13-14H2,1-3H3,(H,23,24,29). The Kier molecular flexibility index (Phi) is 6.22. The molecule has 2 heterocycles. The molecule has 0 aliphatic rings. The zero-order valence-corrected chi connectivity index (χ0v) is 18.5. The fourth-order valence-corrected chi connectivity index (χ4v) is 4.17. The van der Waals surface area contributed by atoms with Crippen molar-refractivity contribution < 1.29 is 9.53 Å². The number of hydrogen-bond donors (Lipinski definition) is 1. The number of rotatable bonds is 8. The van der Waals surface area contributed by atoms with Gasteiger partial charge in [-0.1, -0.05) is 30.8 Å². The molecule has 1 amide bonds. The lowest BCUT2D eigenvalue weighted by Gasteiger charge is -2.10. The zero-order valence-electron chi connectivity index (χ0n) is 17.7. The second kappa shape index (κ2) is 9.22. The number of nitrogens with one attached hydrogen (secondary N) is 1. The summed E-state index contributed by atoms with van der Waals surface area (Å²) in [7, 11) is 1.63. The van der Waals surface area contributed by atoms with E-state index in [4.69, 9.17) is 4.74 Å². The topological polar surface area (TPSA) is 86.9 Å². The number of fused-ring (bicyclic) bond motifs is 1. The van der Waals surface area contributed by atoms with Gasteiger partial charge in [0.25, 0.3) is 0 Å². The minimum Gasteiger partial charge on any atom is -0.497 e. The van der Waals surface area contributed by atoms with Crippen LogP contribution in [0.15, 0.2) is 53.7 Å². The molecule has 31 heavy (non-hydrogen) atoms. The van der Waals surface area contributed by atoms with Crippen molar-refractivity contribution in [3.8, 4) is 11.4 Å². The summed E-state index contributed by atoms with van der Waals surface area (Å²) in [4.78, 5) is 17.3. The van der Waals surface area contributed by atoms with Crippen LogP contribution in [0.3, 0.4) is 0 Å². The maximum absolute atomic E-state index is 12.7. The van der Waals surface area contributed by atoms with Crippen LogP contribution in [0.5, 0.6) is 5.75 Å². The molecule has 2 aromatic carbocycles. The molecule has 0 unspecified atom stereocenters. The molecule has 9 heteroatoms. The summed E-state index contributed by atoms with van der Waals surface area (Å²) in [6.07, 6.45) is 0.947. The van der Waals surface area contributed by atoms with Gasteiger partial charge >= 0.3 is 0 Å². The molecule has 1 N–H and O–H groups in total. The largest absolute Gasteiger partial charge is 0.497 e. The van der Waals surface area contributed by atoms with Gasteiger partial charge in [0.05, 0.1) is 23.9 Å². The molecule has 0 fully saturated rings. The molecular formula is C22H24N6O2S. The van der Waals surface area contributed by atoms with Gasteiger partial charge < -0.3 is 9.30 Å². The van der Waals surface area contributed by atoms with Crippen LogP contribution in [0.1, 0.15) is 19.2 Å². The van der Waals surface area contributed by atoms with E-state index in [0.29, 0.717) is 11.1 Å². The van der Waals surface area contributed by atoms with Gasteiger partial charge in [0.15, 0.2) is 5.16 Å². The van der Waals surface area contributed by atoms with Crippen molar-refractivity contribution in [1.82, 2.24) is 24.3 Å². The molecule has 0 spiro atoms. The van der Waals surface area contributed by atoms with E-state index in [1.165, 1.54) is 11.8 Å². The van der Waals surface area contributed by atoms with E-state index < -0.39 is 0 Å². The molecule has 4 rings (SSSR count). The highest BCUT2D eigenvalue weighted by Gasteiger charge is 2.16. The first-order valence-corrected chi connectivity index (χ1v) is 11.0. The number of imidazole rings is 1. The SMILES string of the molecule is CCCn1c(NC(=O)CSc2nnc(C)n2-c2ccc(OC)cc2)nc2ccccc21. The smallest absolute Gasteiger partial charge is 0.237 e. The third kappa shape index (κ3) is 4.41. The minimum absolute atomic E-state index is 0.139. The van der Waals surface area contributed by atoms with Crippen LogP contribution >= 0.6 is 11.8 Å². The summed E-state index contributed by atoms with van der Waals surface area (Å²) >= 11 is 1.34. The van der Waals surface area contributed by atoms with Crippen molar-refractivity contribution >= 4 is 34.7 Å². The molecule has 160 valence electrons. The Labute approximate surface area is 184 Å². The van der Waals surface area contributed by atoms with E-state index >= 15 is 0 Å². The van der Waals surface area contributed by atoms with Gasteiger partial charge in [-0.25, -0.2) is 4.98 Å². The zero-order chi connectivity index (χ0) is 21.8. The fourth-order valence-electron chi connectivity index (χ4n) is 3.38. The summed E-state index contributed by atoms with van der Waals surface area (Å²) in [6, 6.07) is 15.5. The summed E-state index contributed by atoms with van der Waals surface area (Å²) in [5.74, 6) is 2.15. The van der Waals surface area contributed by atoms with Gasteiger partial charge in [-0.3, -0.25) is 14.7 Å². The first-order chi connectivity index (χ1) is 15.1. The molecule has 0 saturated heterocycles. The molecule has 0 radical (unpaired) electrons. The number of aryl methyl sites for hydroxylation is 2. The number of aromatic nitrogens is 5.